The van der Waals surface area contributed by atoms with E-state index < -0.39 is 5.97 Å². The average Bonchev–Trinajstić information content (AvgIpc) is 2.07. The molecule has 1 atom stereocenters. The van der Waals surface area contributed by atoms with Gasteiger partial charge in [0.1, 0.15) is 0 Å². The fourth-order valence-corrected chi connectivity index (χ4v) is 2.81. The molecule has 15 heavy (non-hydrogen) atoms. The second-order valence-electron chi connectivity index (χ2n) is 6.11. The van der Waals surface area contributed by atoms with Gasteiger partial charge in [-0.25, -0.2) is 0 Å². The fraction of sp³-hybridized carbons (Fsp3) is 0.923. The molecule has 0 radical (unpaired) electrons. The Labute approximate surface area is 93.1 Å². The molecule has 1 aliphatic rings. The molecule has 2 heteroatoms. The molecule has 0 spiro atoms. The molecule has 88 valence electrons. The Morgan fingerprint density at radius 3 is 2.07 bits per heavy atom. The highest BCUT2D eigenvalue weighted by molar-refractivity contribution is 5.70. The summed E-state index contributed by atoms with van der Waals surface area (Å²) in [5.41, 5.74) is 0.427. The number of carboxylic acids is 1. The summed E-state index contributed by atoms with van der Waals surface area (Å²) in [4.78, 5) is 11.2. The van der Waals surface area contributed by atoms with Gasteiger partial charge in [0.2, 0.25) is 0 Å². The summed E-state index contributed by atoms with van der Waals surface area (Å²) < 4.78 is 0. The quantitative estimate of drug-likeness (QED) is 0.776. The summed E-state index contributed by atoms with van der Waals surface area (Å²) in [7, 11) is 0. The lowest BCUT2D eigenvalue weighted by Crippen LogP contribution is -2.33. The molecule has 2 nitrogen and oxygen atoms in total. The van der Waals surface area contributed by atoms with Gasteiger partial charge >= 0.3 is 5.97 Å². The van der Waals surface area contributed by atoms with Crippen molar-refractivity contribution in [1.29, 1.82) is 0 Å². The van der Waals surface area contributed by atoms with E-state index in [1.807, 2.05) is 13.8 Å². The van der Waals surface area contributed by atoms with Crippen LogP contribution in [0, 0.1) is 23.2 Å². The maximum atomic E-state index is 11.2. The molecule has 1 N–H and O–H groups in total. The summed E-state index contributed by atoms with van der Waals surface area (Å²) in [6.45, 7) is 8.62. The lowest BCUT2D eigenvalue weighted by molar-refractivity contribution is -0.146. The SMILES string of the molecule is CC(C)C(C(=O)O)C1CCC(C)(C)CC1. The van der Waals surface area contributed by atoms with Crippen LogP contribution in [0.2, 0.25) is 0 Å². The van der Waals surface area contributed by atoms with Crippen LogP contribution in [0.1, 0.15) is 53.4 Å². The summed E-state index contributed by atoms with van der Waals surface area (Å²) in [5, 5.41) is 9.23. The van der Waals surface area contributed by atoms with Crippen LogP contribution in [0.5, 0.6) is 0 Å². The molecule has 0 amide bonds. The first-order chi connectivity index (χ1) is 6.83. The first-order valence-electron chi connectivity index (χ1n) is 6.06. The summed E-state index contributed by atoms with van der Waals surface area (Å²) >= 11 is 0. The third-order valence-electron chi connectivity index (χ3n) is 3.90. The van der Waals surface area contributed by atoms with E-state index in [0.717, 1.165) is 12.8 Å². The van der Waals surface area contributed by atoms with E-state index in [9.17, 15) is 9.90 Å². The van der Waals surface area contributed by atoms with Gasteiger partial charge in [-0.1, -0.05) is 27.7 Å². The van der Waals surface area contributed by atoms with Gasteiger partial charge < -0.3 is 5.11 Å². The van der Waals surface area contributed by atoms with Crippen LogP contribution in [0.4, 0.5) is 0 Å². The molecule has 1 unspecified atom stereocenters. The summed E-state index contributed by atoms with van der Waals surface area (Å²) in [6, 6.07) is 0. The topological polar surface area (TPSA) is 37.3 Å². The minimum absolute atomic E-state index is 0.138. The van der Waals surface area contributed by atoms with Crippen molar-refractivity contribution in [2.24, 2.45) is 23.2 Å². The van der Waals surface area contributed by atoms with Crippen LogP contribution in [0.15, 0.2) is 0 Å². The van der Waals surface area contributed by atoms with Crippen LogP contribution < -0.4 is 0 Å². The van der Waals surface area contributed by atoms with Crippen LogP contribution in [0.3, 0.4) is 0 Å². The largest absolute Gasteiger partial charge is 0.481 e. The molecule has 1 fully saturated rings. The third-order valence-corrected chi connectivity index (χ3v) is 3.90. The Hall–Kier alpha value is -0.530. The van der Waals surface area contributed by atoms with Gasteiger partial charge in [0.25, 0.3) is 0 Å². The van der Waals surface area contributed by atoms with Crippen molar-refractivity contribution in [1.82, 2.24) is 0 Å². The molecule has 0 aliphatic heterocycles. The van der Waals surface area contributed by atoms with E-state index in [4.69, 9.17) is 0 Å². The van der Waals surface area contributed by atoms with Crippen molar-refractivity contribution in [3.05, 3.63) is 0 Å². The zero-order chi connectivity index (χ0) is 11.6. The van der Waals surface area contributed by atoms with Gasteiger partial charge in [0.05, 0.1) is 5.92 Å². The molecule has 0 saturated heterocycles. The molecule has 0 heterocycles. The minimum Gasteiger partial charge on any atom is -0.481 e. The molecule has 1 saturated carbocycles. The monoisotopic (exact) mass is 212 g/mol. The van der Waals surface area contributed by atoms with Crippen LogP contribution in [-0.2, 0) is 4.79 Å². The predicted molar refractivity (Wildman–Crippen MR) is 61.7 cm³/mol. The van der Waals surface area contributed by atoms with Crippen molar-refractivity contribution in [3.8, 4) is 0 Å². The van der Waals surface area contributed by atoms with E-state index in [0.29, 0.717) is 11.3 Å². The fourth-order valence-electron chi connectivity index (χ4n) is 2.81. The van der Waals surface area contributed by atoms with Gasteiger partial charge in [-0.05, 0) is 42.9 Å². The standard InChI is InChI=1S/C13H24O2/c1-9(2)11(12(14)15)10-5-7-13(3,4)8-6-10/h9-11H,5-8H2,1-4H3,(H,14,15). The van der Waals surface area contributed by atoms with Gasteiger partial charge in [-0.3, -0.25) is 4.79 Å². The number of rotatable bonds is 3. The minimum atomic E-state index is -0.602. The molecular formula is C13H24O2. The summed E-state index contributed by atoms with van der Waals surface area (Å²) in [6.07, 6.45) is 4.52. The van der Waals surface area contributed by atoms with Crippen molar-refractivity contribution in [2.75, 3.05) is 0 Å². The zero-order valence-corrected chi connectivity index (χ0v) is 10.4. The number of hydrogen-bond acceptors (Lipinski definition) is 1. The highest BCUT2D eigenvalue weighted by atomic mass is 16.4. The van der Waals surface area contributed by atoms with E-state index in [2.05, 4.69) is 13.8 Å². The number of carbonyl (C=O) groups is 1. The van der Waals surface area contributed by atoms with E-state index in [1.165, 1.54) is 12.8 Å². The van der Waals surface area contributed by atoms with Gasteiger partial charge in [-0.15, -0.1) is 0 Å². The molecule has 0 aromatic rings. The maximum Gasteiger partial charge on any atom is 0.307 e. The van der Waals surface area contributed by atoms with Crippen LogP contribution in [0.25, 0.3) is 0 Å². The zero-order valence-electron chi connectivity index (χ0n) is 10.4. The second-order valence-corrected chi connectivity index (χ2v) is 6.11. The van der Waals surface area contributed by atoms with E-state index in [1.54, 1.807) is 0 Å². The number of carboxylic acid groups (broad SMARTS) is 1. The highest BCUT2D eigenvalue weighted by Gasteiger charge is 2.36. The maximum absolute atomic E-state index is 11.2. The van der Waals surface area contributed by atoms with Crippen molar-refractivity contribution in [3.63, 3.8) is 0 Å². The van der Waals surface area contributed by atoms with Crippen molar-refractivity contribution < 1.29 is 9.90 Å². The lowest BCUT2D eigenvalue weighted by Gasteiger charge is -2.37. The van der Waals surface area contributed by atoms with Gasteiger partial charge in [0, 0.05) is 0 Å². The molecular weight excluding hydrogens is 188 g/mol. The van der Waals surface area contributed by atoms with Crippen molar-refractivity contribution in [2.45, 2.75) is 53.4 Å². The number of aliphatic carboxylic acids is 1. The Kier molecular flexibility index (Phi) is 3.80. The molecule has 1 aliphatic carbocycles. The Morgan fingerprint density at radius 2 is 1.73 bits per heavy atom. The Balaban J connectivity index is 2.61. The molecule has 0 aromatic heterocycles. The average molecular weight is 212 g/mol. The molecule has 0 aromatic carbocycles. The van der Waals surface area contributed by atoms with Crippen LogP contribution in [-0.4, -0.2) is 11.1 Å². The molecule has 0 bridgehead atoms. The summed E-state index contributed by atoms with van der Waals surface area (Å²) in [5.74, 6) is -0.0833. The van der Waals surface area contributed by atoms with Crippen LogP contribution >= 0.6 is 0 Å². The first-order valence-corrected chi connectivity index (χ1v) is 6.06. The predicted octanol–water partition coefficient (Wildman–Crippen LogP) is 3.56. The molecule has 1 rings (SSSR count). The van der Waals surface area contributed by atoms with Gasteiger partial charge in [0.15, 0.2) is 0 Å². The highest BCUT2D eigenvalue weighted by Crippen LogP contribution is 2.42. The Morgan fingerprint density at radius 1 is 1.27 bits per heavy atom. The van der Waals surface area contributed by atoms with Crippen molar-refractivity contribution >= 4 is 5.97 Å². The second kappa shape index (κ2) is 4.54. The number of hydrogen-bond donors (Lipinski definition) is 1. The first kappa shape index (κ1) is 12.5. The normalized spacial score (nSPS) is 24.1. The smallest absolute Gasteiger partial charge is 0.307 e. The van der Waals surface area contributed by atoms with E-state index in [-0.39, 0.29) is 11.8 Å². The van der Waals surface area contributed by atoms with Gasteiger partial charge in [-0.2, -0.15) is 0 Å². The Bertz CT molecular complexity index is 221. The lowest BCUT2D eigenvalue weighted by atomic mass is 9.67. The van der Waals surface area contributed by atoms with E-state index >= 15 is 0 Å². The third kappa shape index (κ3) is 3.22.